The number of carbonyl (C=O) groups is 2. The van der Waals surface area contributed by atoms with Crippen LogP contribution >= 0.6 is 0 Å². The molecule has 3 aliphatic rings. The van der Waals surface area contributed by atoms with Crippen LogP contribution in [-0.4, -0.2) is 55.6 Å². The number of rotatable bonds is 3. The van der Waals surface area contributed by atoms with E-state index in [0.717, 1.165) is 50.3 Å². The zero-order chi connectivity index (χ0) is 18.8. The Morgan fingerprint density at radius 1 is 1.04 bits per heavy atom. The number of likely N-dealkylation sites (tertiary alicyclic amines) is 1. The molecule has 1 atom stereocenters. The highest BCUT2D eigenvalue weighted by atomic mass is 16.2. The summed E-state index contributed by atoms with van der Waals surface area (Å²) in [6, 6.07) is 0.355. The first-order valence-electron chi connectivity index (χ1n) is 10.4. The van der Waals surface area contributed by atoms with Gasteiger partial charge in [0, 0.05) is 32.1 Å². The lowest BCUT2D eigenvalue weighted by Crippen LogP contribution is -2.47. The van der Waals surface area contributed by atoms with E-state index in [1.54, 1.807) is 0 Å². The van der Waals surface area contributed by atoms with Gasteiger partial charge in [-0.3, -0.25) is 4.79 Å². The number of piperidine rings is 1. The van der Waals surface area contributed by atoms with Gasteiger partial charge in [-0.25, -0.2) is 4.79 Å². The van der Waals surface area contributed by atoms with Crippen molar-refractivity contribution >= 4 is 11.9 Å². The van der Waals surface area contributed by atoms with Crippen molar-refractivity contribution in [2.24, 2.45) is 0 Å². The molecule has 27 heavy (non-hydrogen) atoms. The van der Waals surface area contributed by atoms with E-state index in [1.165, 1.54) is 12.8 Å². The third kappa shape index (κ3) is 3.66. The van der Waals surface area contributed by atoms with Crippen molar-refractivity contribution in [3.05, 3.63) is 11.6 Å². The van der Waals surface area contributed by atoms with Gasteiger partial charge in [-0.1, -0.05) is 19.8 Å². The number of urea groups is 1. The molecule has 1 aromatic rings. The van der Waals surface area contributed by atoms with Crippen LogP contribution in [0.15, 0.2) is 0 Å². The quantitative estimate of drug-likeness (QED) is 0.879. The van der Waals surface area contributed by atoms with Crippen molar-refractivity contribution in [3.8, 4) is 0 Å². The molecule has 0 bridgehead atoms. The van der Waals surface area contributed by atoms with Gasteiger partial charge in [0.2, 0.25) is 5.91 Å². The van der Waals surface area contributed by atoms with E-state index in [-0.39, 0.29) is 18.0 Å². The average molecular weight is 374 g/mol. The van der Waals surface area contributed by atoms with Crippen LogP contribution in [-0.2, 0) is 17.9 Å². The predicted octanol–water partition coefficient (Wildman–Crippen LogP) is 2.21. The molecule has 3 amide bonds. The summed E-state index contributed by atoms with van der Waals surface area (Å²) in [4.78, 5) is 28.7. The van der Waals surface area contributed by atoms with Crippen LogP contribution in [0.4, 0.5) is 4.79 Å². The molecule has 4 rings (SSSR count). The molecular weight excluding hydrogens is 344 g/mol. The van der Waals surface area contributed by atoms with Gasteiger partial charge < -0.3 is 19.7 Å². The highest BCUT2D eigenvalue weighted by Crippen LogP contribution is 2.31. The van der Waals surface area contributed by atoms with E-state index >= 15 is 0 Å². The molecule has 0 aromatic carbocycles. The zero-order valence-corrected chi connectivity index (χ0v) is 16.2. The molecule has 8 nitrogen and oxygen atoms in total. The summed E-state index contributed by atoms with van der Waals surface area (Å²) in [6.45, 7) is 4.55. The second-order valence-electron chi connectivity index (χ2n) is 7.93. The second-order valence-corrected chi connectivity index (χ2v) is 7.93. The number of amides is 3. The maximum Gasteiger partial charge on any atom is 0.318 e. The van der Waals surface area contributed by atoms with E-state index < -0.39 is 0 Å². The molecule has 2 aliphatic heterocycles. The van der Waals surface area contributed by atoms with Crippen LogP contribution < -0.4 is 5.32 Å². The molecule has 3 heterocycles. The van der Waals surface area contributed by atoms with E-state index in [2.05, 4.69) is 20.1 Å². The minimum Gasteiger partial charge on any atom is -0.335 e. The SMILES string of the molecule is CCC(=O)N1CCCCC1c1nnc2n1CCN(C(=O)NC1CCCC1)C2. The average Bonchev–Trinajstić information content (AvgIpc) is 3.36. The van der Waals surface area contributed by atoms with Crippen LogP contribution in [0.3, 0.4) is 0 Å². The monoisotopic (exact) mass is 374 g/mol. The van der Waals surface area contributed by atoms with Gasteiger partial charge in [-0.05, 0) is 32.1 Å². The summed E-state index contributed by atoms with van der Waals surface area (Å²) in [5, 5.41) is 12.0. The summed E-state index contributed by atoms with van der Waals surface area (Å²) >= 11 is 0. The summed E-state index contributed by atoms with van der Waals surface area (Å²) < 4.78 is 2.13. The van der Waals surface area contributed by atoms with Gasteiger partial charge >= 0.3 is 6.03 Å². The fraction of sp³-hybridized carbons (Fsp3) is 0.789. The molecule has 1 saturated carbocycles. The molecule has 0 radical (unpaired) electrons. The molecule has 1 aromatic heterocycles. The Morgan fingerprint density at radius 2 is 1.81 bits per heavy atom. The third-order valence-electron chi connectivity index (χ3n) is 6.18. The Labute approximate surface area is 160 Å². The largest absolute Gasteiger partial charge is 0.335 e. The minimum atomic E-state index is 0.0122. The van der Waals surface area contributed by atoms with Crippen molar-refractivity contribution in [3.63, 3.8) is 0 Å². The lowest BCUT2D eigenvalue weighted by atomic mass is 10.0. The number of carbonyl (C=O) groups excluding carboxylic acids is 2. The van der Waals surface area contributed by atoms with Gasteiger partial charge in [0.1, 0.15) is 0 Å². The maximum atomic E-state index is 12.6. The molecular formula is C19H30N6O2. The van der Waals surface area contributed by atoms with Gasteiger partial charge in [0.05, 0.1) is 12.6 Å². The summed E-state index contributed by atoms with van der Waals surface area (Å²) in [6.07, 6.45) is 8.21. The molecule has 148 valence electrons. The number of aromatic nitrogens is 3. The molecule has 2 fully saturated rings. The number of nitrogens with zero attached hydrogens (tertiary/aromatic N) is 5. The Kier molecular flexibility index (Phi) is 5.31. The molecule has 1 unspecified atom stereocenters. The molecule has 1 saturated heterocycles. The van der Waals surface area contributed by atoms with Crippen molar-refractivity contribution in [2.45, 2.75) is 83.5 Å². The van der Waals surface area contributed by atoms with Crippen LogP contribution in [0.2, 0.25) is 0 Å². The van der Waals surface area contributed by atoms with Gasteiger partial charge in [-0.2, -0.15) is 0 Å². The van der Waals surface area contributed by atoms with E-state index in [9.17, 15) is 9.59 Å². The van der Waals surface area contributed by atoms with Gasteiger partial charge in [0.25, 0.3) is 0 Å². The van der Waals surface area contributed by atoms with Crippen LogP contribution in [0.5, 0.6) is 0 Å². The van der Waals surface area contributed by atoms with Gasteiger partial charge in [0.15, 0.2) is 11.6 Å². The standard InChI is InChI=1S/C19H30N6O2/c1-2-17(26)24-10-6-5-9-15(24)18-22-21-16-13-23(11-12-25(16)18)19(27)20-14-7-3-4-8-14/h14-15H,2-13H2,1H3,(H,20,27). The van der Waals surface area contributed by atoms with Gasteiger partial charge in [-0.15, -0.1) is 10.2 Å². The Hall–Kier alpha value is -2.12. The highest BCUT2D eigenvalue weighted by molar-refractivity contribution is 5.76. The summed E-state index contributed by atoms with van der Waals surface area (Å²) in [5.41, 5.74) is 0. The smallest absolute Gasteiger partial charge is 0.318 e. The minimum absolute atomic E-state index is 0.0122. The number of fused-ring (bicyclic) bond motifs is 1. The molecule has 0 spiro atoms. The fourth-order valence-electron chi connectivity index (χ4n) is 4.64. The Morgan fingerprint density at radius 3 is 2.59 bits per heavy atom. The summed E-state index contributed by atoms with van der Waals surface area (Å²) in [7, 11) is 0. The van der Waals surface area contributed by atoms with Crippen LogP contribution in [0.25, 0.3) is 0 Å². The lowest BCUT2D eigenvalue weighted by Gasteiger charge is -2.36. The normalized spacial score (nSPS) is 23.4. The first-order valence-corrected chi connectivity index (χ1v) is 10.4. The highest BCUT2D eigenvalue weighted by Gasteiger charge is 2.34. The zero-order valence-electron chi connectivity index (χ0n) is 16.2. The maximum absolute atomic E-state index is 12.6. The van der Waals surface area contributed by atoms with Crippen LogP contribution in [0.1, 0.15) is 76.0 Å². The lowest BCUT2D eigenvalue weighted by molar-refractivity contribution is -0.135. The van der Waals surface area contributed by atoms with Crippen molar-refractivity contribution in [2.75, 3.05) is 13.1 Å². The fourth-order valence-corrected chi connectivity index (χ4v) is 4.64. The van der Waals surface area contributed by atoms with Crippen molar-refractivity contribution in [1.82, 2.24) is 29.9 Å². The predicted molar refractivity (Wildman–Crippen MR) is 99.8 cm³/mol. The number of nitrogens with one attached hydrogen (secondary N) is 1. The second kappa shape index (κ2) is 7.86. The first-order chi connectivity index (χ1) is 13.2. The Bertz CT molecular complexity index is 696. The van der Waals surface area contributed by atoms with Crippen molar-refractivity contribution in [1.29, 1.82) is 0 Å². The molecule has 1 aliphatic carbocycles. The summed E-state index contributed by atoms with van der Waals surface area (Å²) in [5.74, 6) is 1.90. The van der Waals surface area contributed by atoms with E-state index in [1.807, 2.05) is 16.7 Å². The first kappa shape index (κ1) is 18.3. The Balaban J connectivity index is 1.46. The van der Waals surface area contributed by atoms with Crippen molar-refractivity contribution < 1.29 is 9.59 Å². The number of hydrogen-bond acceptors (Lipinski definition) is 4. The van der Waals surface area contributed by atoms with E-state index in [0.29, 0.717) is 32.1 Å². The third-order valence-corrected chi connectivity index (χ3v) is 6.18. The van der Waals surface area contributed by atoms with Crippen LogP contribution in [0, 0.1) is 0 Å². The molecule has 1 N–H and O–H groups in total. The molecule has 8 heteroatoms. The topological polar surface area (TPSA) is 83.4 Å². The number of hydrogen-bond donors (Lipinski definition) is 1. The van der Waals surface area contributed by atoms with E-state index in [4.69, 9.17) is 0 Å².